The normalized spacial score (nSPS) is 14.2. The predicted octanol–water partition coefficient (Wildman–Crippen LogP) is 3.69. The molecule has 1 amide bonds. The molecule has 3 aromatic rings. The molecule has 33 heavy (non-hydrogen) atoms. The first kappa shape index (κ1) is 23.4. The van der Waals surface area contributed by atoms with Crippen LogP contribution in [0, 0.1) is 0 Å². The maximum absolute atomic E-state index is 12.6. The van der Waals surface area contributed by atoms with E-state index >= 15 is 0 Å². The van der Waals surface area contributed by atoms with Crippen molar-refractivity contribution in [3.05, 3.63) is 64.9 Å². The average Bonchev–Trinajstić information content (AvgIpc) is 3.21. The summed E-state index contributed by atoms with van der Waals surface area (Å²) in [6, 6.07) is 14.3. The van der Waals surface area contributed by atoms with Gasteiger partial charge in [0.05, 0.1) is 25.5 Å². The second-order valence-corrected chi connectivity index (χ2v) is 8.95. The topological polar surface area (TPSA) is 89.3 Å². The molecule has 1 aliphatic rings. The maximum Gasteiger partial charge on any atom is 0.234 e. The van der Waals surface area contributed by atoms with Crippen LogP contribution < -0.4 is 5.32 Å². The molecular formula is C23H24ClN5O3S. The molecule has 0 unspecified atom stereocenters. The van der Waals surface area contributed by atoms with Crippen molar-refractivity contribution in [1.82, 2.24) is 19.7 Å². The molecule has 0 saturated carbocycles. The smallest absolute Gasteiger partial charge is 0.234 e. The molecule has 1 saturated heterocycles. The van der Waals surface area contributed by atoms with Crippen LogP contribution in [-0.4, -0.2) is 63.4 Å². The molecule has 0 bridgehead atoms. The molecular weight excluding hydrogens is 462 g/mol. The Morgan fingerprint density at radius 3 is 2.61 bits per heavy atom. The number of ether oxygens (including phenoxy) is 1. The highest BCUT2D eigenvalue weighted by Crippen LogP contribution is 2.24. The summed E-state index contributed by atoms with van der Waals surface area (Å²) in [7, 11) is 0. The highest BCUT2D eigenvalue weighted by molar-refractivity contribution is 7.99. The Morgan fingerprint density at radius 1 is 1.12 bits per heavy atom. The Morgan fingerprint density at radius 2 is 1.88 bits per heavy atom. The molecule has 0 spiro atoms. The monoisotopic (exact) mass is 485 g/mol. The number of thioether (sulfide) groups is 1. The Balaban J connectivity index is 1.49. The van der Waals surface area contributed by atoms with Gasteiger partial charge in [-0.3, -0.25) is 19.1 Å². The molecule has 10 heteroatoms. The Kier molecular flexibility index (Phi) is 7.77. The van der Waals surface area contributed by atoms with Gasteiger partial charge in [0.1, 0.15) is 0 Å². The van der Waals surface area contributed by atoms with Crippen LogP contribution >= 0.6 is 23.4 Å². The average molecular weight is 486 g/mol. The van der Waals surface area contributed by atoms with E-state index in [0.717, 1.165) is 24.6 Å². The Hall–Kier alpha value is -2.72. The van der Waals surface area contributed by atoms with Crippen molar-refractivity contribution in [2.45, 2.75) is 18.6 Å². The summed E-state index contributed by atoms with van der Waals surface area (Å²) in [6.45, 7) is 5.18. The number of nitrogens with one attached hydrogen (secondary N) is 1. The fourth-order valence-corrected chi connectivity index (χ4v) is 4.34. The largest absolute Gasteiger partial charge is 0.379 e. The number of Topliss-reactive ketones (excluding diaryl/α,β-unsaturated/α-hetero) is 1. The van der Waals surface area contributed by atoms with Crippen LogP contribution in [0.2, 0.25) is 5.02 Å². The van der Waals surface area contributed by atoms with Gasteiger partial charge in [0, 0.05) is 35.1 Å². The summed E-state index contributed by atoms with van der Waals surface area (Å²) >= 11 is 7.38. The van der Waals surface area contributed by atoms with E-state index in [-0.39, 0.29) is 17.4 Å². The number of hydrogen-bond acceptors (Lipinski definition) is 7. The van der Waals surface area contributed by atoms with Gasteiger partial charge in [0.25, 0.3) is 0 Å². The van der Waals surface area contributed by atoms with Gasteiger partial charge in [0.2, 0.25) is 5.91 Å². The van der Waals surface area contributed by atoms with Gasteiger partial charge in [-0.1, -0.05) is 35.5 Å². The lowest BCUT2D eigenvalue weighted by Crippen LogP contribution is -2.36. The highest BCUT2D eigenvalue weighted by atomic mass is 35.5. The number of nitrogens with zero attached hydrogens (tertiary/aromatic N) is 4. The minimum atomic E-state index is -0.193. The molecule has 172 valence electrons. The third-order valence-electron chi connectivity index (χ3n) is 5.14. The number of carbonyl (C=O) groups excluding carboxylic acids is 2. The number of halogens is 1. The first-order chi connectivity index (χ1) is 16.0. The summed E-state index contributed by atoms with van der Waals surface area (Å²) in [5, 5.41) is 12.9. The molecule has 1 fully saturated rings. The maximum atomic E-state index is 12.6. The van der Waals surface area contributed by atoms with Gasteiger partial charge in [0.15, 0.2) is 16.8 Å². The van der Waals surface area contributed by atoms with Crippen LogP contribution in [0.1, 0.15) is 23.1 Å². The molecule has 1 N–H and O–H groups in total. The number of carbonyl (C=O) groups is 2. The van der Waals surface area contributed by atoms with Crippen LogP contribution in [0.25, 0.3) is 5.69 Å². The lowest BCUT2D eigenvalue weighted by atomic mass is 10.1. The third-order valence-corrected chi connectivity index (χ3v) is 6.32. The minimum Gasteiger partial charge on any atom is -0.379 e. The number of anilines is 1. The number of amides is 1. The number of morpholine rings is 1. The molecule has 0 atom stereocenters. The number of aromatic nitrogens is 3. The first-order valence-corrected chi connectivity index (χ1v) is 11.9. The molecule has 8 nitrogen and oxygen atoms in total. The first-order valence-electron chi connectivity index (χ1n) is 10.5. The Labute approximate surface area is 201 Å². The third kappa shape index (κ3) is 6.20. The standard InChI is InChI=1S/C23H24ClN5O3S/c1-16(30)17-3-2-4-19(13-17)25-22(31)15-33-23-27-26-21(14-28-9-11-32-12-10-28)29(23)20-7-5-18(24)6-8-20/h2-8,13H,9-12,14-15H2,1H3,(H,25,31). The summed E-state index contributed by atoms with van der Waals surface area (Å²) in [5.74, 6) is 0.690. The van der Waals surface area contributed by atoms with Gasteiger partial charge < -0.3 is 10.1 Å². The molecule has 0 aliphatic carbocycles. The zero-order valence-corrected chi connectivity index (χ0v) is 19.7. The SMILES string of the molecule is CC(=O)c1cccc(NC(=O)CSc2nnc(CN3CCOCC3)n2-c2ccc(Cl)cc2)c1. The van der Waals surface area contributed by atoms with Crippen LogP contribution in [-0.2, 0) is 16.1 Å². The van der Waals surface area contributed by atoms with Crippen molar-refractivity contribution in [1.29, 1.82) is 0 Å². The number of rotatable bonds is 8. The Bertz CT molecular complexity index is 1130. The molecule has 4 rings (SSSR count). The quantitative estimate of drug-likeness (QED) is 0.384. The van der Waals surface area contributed by atoms with Crippen molar-refractivity contribution in [2.24, 2.45) is 0 Å². The zero-order valence-electron chi connectivity index (χ0n) is 18.2. The summed E-state index contributed by atoms with van der Waals surface area (Å²) in [5.41, 5.74) is 2.01. The van der Waals surface area contributed by atoms with Crippen LogP contribution in [0.15, 0.2) is 53.7 Å². The second-order valence-electron chi connectivity index (χ2n) is 7.57. The molecule has 2 aromatic carbocycles. The van der Waals surface area contributed by atoms with Gasteiger partial charge in [-0.05, 0) is 43.3 Å². The van der Waals surface area contributed by atoms with Gasteiger partial charge in [-0.2, -0.15) is 0 Å². The van der Waals surface area contributed by atoms with Crippen molar-refractivity contribution in [3.8, 4) is 5.69 Å². The lowest BCUT2D eigenvalue weighted by molar-refractivity contribution is -0.113. The number of hydrogen-bond donors (Lipinski definition) is 1. The van der Waals surface area contributed by atoms with E-state index in [9.17, 15) is 9.59 Å². The fourth-order valence-electron chi connectivity index (χ4n) is 3.45. The van der Waals surface area contributed by atoms with Gasteiger partial charge in [-0.25, -0.2) is 0 Å². The lowest BCUT2D eigenvalue weighted by Gasteiger charge is -2.26. The van der Waals surface area contributed by atoms with Crippen molar-refractivity contribution in [2.75, 3.05) is 37.4 Å². The molecule has 1 aliphatic heterocycles. The van der Waals surface area contributed by atoms with Crippen molar-refractivity contribution in [3.63, 3.8) is 0 Å². The van der Waals surface area contributed by atoms with Crippen LogP contribution in [0.3, 0.4) is 0 Å². The van der Waals surface area contributed by atoms with Gasteiger partial charge >= 0.3 is 0 Å². The number of benzene rings is 2. The zero-order chi connectivity index (χ0) is 23.2. The fraction of sp³-hybridized carbons (Fsp3) is 0.304. The summed E-state index contributed by atoms with van der Waals surface area (Å²) < 4.78 is 7.40. The minimum absolute atomic E-state index is 0.0515. The van der Waals surface area contributed by atoms with E-state index in [1.54, 1.807) is 24.3 Å². The van der Waals surface area contributed by atoms with E-state index in [2.05, 4.69) is 20.4 Å². The highest BCUT2D eigenvalue weighted by Gasteiger charge is 2.20. The van der Waals surface area contributed by atoms with Crippen molar-refractivity contribution >= 4 is 40.7 Å². The number of ketones is 1. The molecule has 0 radical (unpaired) electrons. The van der Waals surface area contributed by atoms with E-state index in [0.29, 0.717) is 41.2 Å². The predicted molar refractivity (Wildman–Crippen MR) is 128 cm³/mol. The molecule has 1 aromatic heterocycles. The second kappa shape index (κ2) is 10.9. The van der Waals surface area contributed by atoms with Gasteiger partial charge in [-0.15, -0.1) is 10.2 Å². The summed E-state index contributed by atoms with van der Waals surface area (Å²) in [4.78, 5) is 26.4. The van der Waals surface area contributed by atoms with Crippen molar-refractivity contribution < 1.29 is 14.3 Å². The van der Waals surface area contributed by atoms with E-state index < -0.39 is 0 Å². The van der Waals surface area contributed by atoms with Crippen LogP contribution in [0.5, 0.6) is 0 Å². The van der Waals surface area contributed by atoms with Crippen LogP contribution in [0.4, 0.5) is 5.69 Å². The van der Waals surface area contributed by atoms with E-state index in [1.807, 2.05) is 28.8 Å². The van der Waals surface area contributed by atoms with E-state index in [4.69, 9.17) is 16.3 Å². The van der Waals surface area contributed by atoms with E-state index in [1.165, 1.54) is 18.7 Å². The summed E-state index contributed by atoms with van der Waals surface area (Å²) in [6.07, 6.45) is 0. The molecule has 2 heterocycles.